The van der Waals surface area contributed by atoms with Crippen molar-refractivity contribution in [3.05, 3.63) is 71.1 Å². The Hall–Kier alpha value is -4.79. The van der Waals surface area contributed by atoms with Crippen molar-refractivity contribution in [2.24, 2.45) is 11.3 Å². The van der Waals surface area contributed by atoms with E-state index >= 15 is 0 Å². The van der Waals surface area contributed by atoms with E-state index < -0.39 is 35.4 Å². The molecule has 2 fully saturated rings. The van der Waals surface area contributed by atoms with Crippen LogP contribution in [0.4, 0.5) is 0 Å². The van der Waals surface area contributed by atoms with Crippen molar-refractivity contribution >= 4 is 45.9 Å². The summed E-state index contributed by atoms with van der Waals surface area (Å²) in [5.74, 6) is -0.871. The number of likely N-dealkylation sites (tertiary alicyclic amines) is 1. The number of furan rings is 1. The first-order valence-electron chi connectivity index (χ1n) is 17.5. The lowest BCUT2D eigenvalue weighted by molar-refractivity contribution is -0.142. The highest BCUT2D eigenvalue weighted by atomic mass is 32.1. The van der Waals surface area contributed by atoms with Gasteiger partial charge in [0.25, 0.3) is 5.91 Å². The lowest BCUT2D eigenvalue weighted by Crippen LogP contribution is -2.57. The summed E-state index contributed by atoms with van der Waals surface area (Å²) in [4.78, 5) is 60.1. The van der Waals surface area contributed by atoms with Gasteiger partial charge >= 0.3 is 0 Å². The molecule has 2 aliphatic rings. The summed E-state index contributed by atoms with van der Waals surface area (Å²) in [5.41, 5.74) is 4.43. The summed E-state index contributed by atoms with van der Waals surface area (Å²) < 4.78 is 11.6. The zero-order valence-electron chi connectivity index (χ0n) is 30.0. The van der Waals surface area contributed by atoms with Crippen molar-refractivity contribution in [2.75, 3.05) is 32.8 Å². The largest absolute Gasteiger partial charge is 0.492 e. The molecular weight excluding hydrogens is 685 g/mol. The van der Waals surface area contributed by atoms with Gasteiger partial charge in [0.05, 0.1) is 40.7 Å². The molecule has 0 aliphatic carbocycles. The van der Waals surface area contributed by atoms with Gasteiger partial charge in [-0.25, -0.2) is 4.98 Å². The summed E-state index contributed by atoms with van der Waals surface area (Å²) in [5, 5.41) is 23.0. The number of carbonyl (C=O) groups excluding carboxylic acids is 4. The second kappa shape index (κ2) is 15.4. The maximum atomic E-state index is 14.1. The molecular formula is C38H46N6O7S. The molecule has 52 heavy (non-hydrogen) atoms. The van der Waals surface area contributed by atoms with Crippen LogP contribution in [0.15, 0.2) is 58.5 Å². The topological polar surface area (TPSA) is 175 Å². The van der Waals surface area contributed by atoms with Crippen LogP contribution >= 0.6 is 11.3 Å². The number of amides is 4. The quantitative estimate of drug-likeness (QED) is 0.137. The number of hydrogen-bond donors (Lipinski definition) is 5. The van der Waals surface area contributed by atoms with E-state index in [2.05, 4.69) is 26.3 Å². The van der Waals surface area contributed by atoms with Crippen LogP contribution in [0.2, 0.25) is 0 Å². The predicted octanol–water partition coefficient (Wildman–Crippen LogP) is 3.56. The highest BCUT2D eigenvalue weighted by Crippen LogP contribution is 2.30. The Morgan fingerprint density at radius 2 is 1.83 bits per heavy atom. The average molecular weight is 731 g/mol. The molecule has 0 bridgehead atoms. The zero-order valence-corrected chi connectivity index (χ0v) is 30.8. The molecule has 4 atom stereocenters. The predicted molar refractivity (Wildman–Crippen MR) is 197 cm³/mol. The third kappa shape index (κ3) is 8.30. The lowest BCUT2D eigenvalue weighted by Gasteiger charge is -2.35. The number of aromatic nitrogens is 1. The standard InChI is InChI=1S/C38H46N6O7S/c1-21(23-6-8-24(9-7-23)32-22(2)41-20-52-32)42-35(47)29-16-27(45)19-44(29)37(49)33(38(3,4)5)43-36(48)31-15-25-14-28(10-11-30(25)51-31)50-13-12-40-34(46)26-17-39-18-26/h6-11,14-15,20-21,26-27,29,33,39,45H,12-13,16-19H2,1-5H3,(H,40,46)(H,42,47)(H,43,48)/t21-,27+,29-,33?/m0/s1. The van der Waals surface area contributed by atoms with Crippen molar-refractivity contribution in [2.45, 2.75) is 65.3 Å². The molecule has 5 N–H and O–H groups in total. The van der Waals surface area contributed by atoms with Crippen LogP contribution in [0.5, 0.6) is 5.75 Å². The SMILES string of the molecule is Cc1ncsc1-c1ccc([C@H](C)NC(=O)[C@@H]2C[C@@H](O)CN2C(=O)C(NC(=O)c2cc3cc(OCCNC(=O)C4CNC4)ccc3o2)C(C)(C)C)cc1. The smallest absolute Gasteiger partial charge is 0.287 e. The molecule has 4 heterocycles. The maximum Gasteiger partial charge on any atom is 0.287 e. The second-order valence-corrected chi connectivity index (χ2v) is 15.4. The Balaban J connectivity index is 1.08. The fraction of sp³-hybridized carbons (Fsp3) is 0.447. The van der Waals surface area contributed by atoms with E-state index in [4.69, 9.17) is 9.15 Å². The summed E-state index contributed by atoms with van der Waals surface area (Å²) in [7, 11) is 0. The van der Waals surface area contributed by atoms with Crippen molar-refractivity contribution in [3.8, 4) is 16.2 Å². The minimum absolute atomic E-state index is 0.00452. The number of fused-ring (bicyclic) bond motifs is 1. The van der Waals surface area contributed by atoms with Crippen molar-refractivity contribution < 1.29 is 33.4 Å². The van der Waals surface area contributed by atoms with Crippen molar-refractivity contribution in [1.29, 1.82) is 0 Å². The Morgan fingerprint density at radius 1 is 1.08 bits per heavy atom. The minimum Gasteiger partial charge on any atom is -0.492 e. The summed E-state index contributed by atoms with van der Waals surface area (Å²) in [6, 6.07) is 12.3. The molecule has 13 nitrogen and oxygen atoms in total. The van der Waals surface area contributed by atoms with Gasteiger partial charge in [-0.2, -0.15) is 0 Å². The molecule has 0 saturated carbocycles. The third-order valence-electron chi connectivity index (χ3n) is 9.56. The Labute approximate surface area is 306 Å². The summed E-state index contributed by atoms with van der Waals surface area (Å²) in [6.45, 7) is 11.3. The maximum absolute atomic E-state index is 14.1. The number of aliphatic hydroxyl groups is 1. The molecule has 4 amide bonds. The van der Waals surface area contributed by atoms with Crippen LogP contribution in [0, 0.1) is 18.3 Å². The number of hydrogen-bond acceptors (Lipinski definition) is 10. The zero-order chi connectivity index (χ0) is 37.2. The molecule has 1 unspecified atom stereocenters. The fourth-order valence-electron chi connectivity index (χ4n) is 6.40. The van der Waals surface area contributed by atoms with Gasteiger partial charge in [0, 0.05) is 31.4 Å². The van der Waals surface area contributed by atoms with E-state index in [1.165, 1.54) is 4.90 Å². The molecule has 276 valence electrons. The van der Waals surface area contributed by atoms with Crippen molar-refractivity contribution in [3.63, 3.8) is 0 Å². The normalized spacial score (nSPS) is 18.8. The van der Waals surface area contributed by atoms with Gasteiger partial charge in [-0.15, -0.1) is 11.3 Å². The van der Waals surface area contributed by atoms with Crippen LogP contribution in [0.3, 0.4) is 0 Å². The van der Waals surface area contributed by atoms with E-state index in [9.17, 15) is 24.3 Å². The van der Waals surface area contributed by atoms with Gasteiger partial charge in [-0.3, -0.25) is 19.2 Å². The van der Waals surface area contributed by atoms with Crippen LogP contribution in [-0.4, -0.2) is 89.6 Å². The molecule has 4 aromatic rings. The molecule has 2 aromatic heterocycles. The molecule has 14 heteroatoms. The number of nitrogens with zero attached hydrogens (tertiary/aromatic N) is 2. The highest BCUT2D eigenvalue weighted by Gasteiger charge is 2.45. The van der Waals surface area contributed by atoms with Gasteiger partial charge in [-0.1, -0.05) is 45.0 Å². The van der Waals surface area contributed by atoms with Gasteiger partial charge in [0.15, 0.2) is 5.76 Å². The van der Waals surface area contributed by atoms with E-state index in [1.54, 1.807) is 35.6 Å². The second-order valence-electron chi connectivity index (χ2n) is 14.6. The number of carbonyl (C=O) groups is 4. The molecule has 0 spiro atoms. The Kier molecular flexibility index (Phi) is 11.0. The molecule has 0 radical (unpaired) electrons. The fourth-order valence-corrected chi connectivity index (χ4v) is 7.21. The first-order valence-corrected chi connectivity index (χ1v) is 18.4. The first kappa shape index (κ1) is 37.0. The Morgan fingerprint density at radius 3 is 2.48 bits per heavy atom. The molecule has 2 aliphatic heterocycles. The number of ether oxygens (including phenoxy) is 1. The van der Waals surface area contributed by atoms with Crippen LogP contribution in [0.1, 0.15) is 62.0 Å². The number of thiazole rings is 1. The molecule has 2 aromatic carbocycles. The van der Waals surface area contributed by atoms with E-state index in [0.717, 1.165) is 21.7 Å². The lowest BCUT2D eigenvalue weighted by atomic mass is 9.85. The average Bonchev–Trinajstić information content (AvgIpc) is 3.81. The van der Waals surface area contributed by atoms with Gasteiger partial charge < -0.3 is 40.4 Å². The molecule has 2 saturated heterocycles. The van der Waals surface area contributed by atoms with Gasteiger partial charge in [0.1, 0.15) is 30.0 Å². The van der Waals surface area contributed by atoms with E-state index in [0.29, 0.717) is 36.4 Å². The van der Waals surface area contributed by atoms with Crippen LogP contribution in [0.25, 0.3) is 21.4 Å². The van der Waals surface area contributed by atoms with Crippen molar-refractivity contribution in [1.82, 2.24) is 31.2 Å². The number of aryl methyl sites for hydroxylation is 1. The van der Waals surface area contributed by atoms with Gasteiger partial charge in [0.2, 0.25) is 17.7 Å². The first-order chi connectivity index (χ1) is 24.8. The Bertz CT molecular complexity index is 1930. The monoisotopic (exact) mass is 730 g/mol. The summed E-state index contributed by atoms with van der Waals surface area (Å²) >= 11 is 1.57. The summed E-state index contributed by atoms with van der Waals surface area (Å²) in [6.07, 6.45) is -0.812. The van der Waals surface area contributed by atoms with E-state index in [-0.39, 0.29) is 49.1 Å². The third-order valence-corrected chi connectivity index (χ3v) is 10.5. The highest BCUT2D eigenvalue weighted by molar-refractivity contribution is 7.13. The number of rotatable bonds is 12. The molecule has 6 rings (SSSR count). The van der Waals surface area contributed by atoms with Crippen LogP contribution < -0.4 is 26.0 Å². The number of aliphatic hydroxyl groups excluding tert-OH is 1. The van der Waals surface area contributed by atoms with Crippen LogP contribution in [-0.2, 0) is 14.4 Å². The minimum atomic E-state index is -1.03. The van der Waals surface area contributed by atoms with Gasteiger partial charge in [-0.05, 0) is 54.7 Å². The number of nitrogens with one attached hydrogen (secondary N) is 4. The number of β-amino-alcohol motifs (C(OH)–C–C–N with tert-alkyl or cyclic N) is 1. The van der Waals surface area contributed by atoms with E-state index in [1.807, 2.05) is 64.4 Å². The number of benzene rings is 2.